The lowest BCUT2D eigenvalue weighted by Crippen LogP contribution is -2.13. The molecular weight excluding hydrogens is 409 g/mol. The van der Waals surface area contributed by atoms with E-state index in [0.29, 0.717) is 39.5 Å². The number of pyridine rings is 1. The van der Waals surface area contributed by atoms with Crippen molar-refractivity contribution in [2.45, 2.75) is 31.9 Å². The molecule has 1 aliphatic carbocycles. The van der Waals surface area contributed by atoms with E-state index < -0.39 is 0 Å². The molecule has 0 unspecified atom stereocenters. The number of halogens is 2. The summed E-state index contributed by atoms with van der Waals surface area (Å²) in [6.45, 7) is 2.51. The van der Waals surface area contributed by atoms with Crippen LogP contribution in [0.2, 0.25) is 10.0 Å². The van der Waals surface area contributed by atoms with Crippen LogP contribution < -0.4 is 4.74 Å². The maximum absolute atomic E-state index is 6.49. The van der Waals surface area contributed by atoms with Crippen molar-refractivity contribution >= 4 is 34.4 Å². The monoisotopic (exact) mass is 425 g/mol. The second-order valence-electron chi connectivity index (χ2n) is 7.37. The highest BCUT2D eigenvalue weighted by atomic mass is 35.5. The molecule has 0 radical (unpaired) electrons. The van der Waals surface area contributed by atoms with Gasteiger partial charge in [0.1, 0.15) is 17.8 Å². The van der Waals surface area contributed by atoms with Crippen LogP contribution in [0.25, 0.3) is 22.6 Å². The van der Waals surface area contributed by atoms with E-state index in [4.69, 9.17) is 32.9 Å². The summed E-state index contributed by atoms with van der Waals surface area (Å²) in [5.74, 6) is 1.17. The molecule has 0 atom stereocenters. The standard InChI is InChI=1S/C21H17Cl2N5O/c1-21(7-8-21)29-20-17-19(25-12-26-20)28(11-14-10-13(22)6-9-24-14)18(27-17)15-4-2-3-5-16(15)23/h2-6,9-10,12H,7-8,11H2,1H3. The largest absolute Gasteiger partial charge is 0.470 e. The van der Waals surface area contributed by atoms with Crippen molar-refractivity contribution in [3.05, 3.63) is 64.7 Å². The summed E-state index contributed by atoms with van der Waals surface area (Å²) in [6, 6.07) is 11.2. The Labute approximate surface area is 177 Å². The Balaban J connectivity index is 1.70. The van der Waals surface area contributed by atoms with Gasteiger partial charge in [0, 0.05) is 16.8 Å². The molecule has 3 heterocycles. The smallest absolute Gasteiger partial charge is 0.245 e. The summed E-state index contributed by atoms with van der Waals surface area (Å²) in [5.41, 5.74) is 2.69. The van der Waals surface area contributed by atoms with Crippen LogP contribution >= 0.6 is 23.2 Å². The number of benzene rings is 1. The van der Waals surface area contributed by atoms with Gasteiger partial charge in [0.25, 0.3) is 0 Å². The second-order valence-corrected chi connectivity index (χ2v) is 8.21. The summed E-state index contributed by atoms with van der Waals surface area (Å²) in [7, 11) is 0. The van der Waals surface area contributed by atoms with Crippen LogP contribution in [0.15, 0.2) is 48.9 Å². The fraction of sp³-hybridized carbons (Fsp3) is 0.238. The molecule has 0 N–H and O–H groups in total. The fourth-order valence-corrected chi connectivity index (χ4v) is 3.60. The van der Waals surface area contributed by atoms with Gasteiger partial charge in [-0.15, -0.1) is 0 Å². The average molecular weight is 426 g/mol. The fourth-order valence-electron chi connectivity index (χ4n) is 3.20. The number of ether oxygens (including phenoxy) is 1. The van der Waals surface area contributed by atoms with Crippen LogP contribution in [0, 0.1) is 0 Å². The molecule has 1 fully saturated rings. The lowest BCUT2D eigenvalue weighted by Gasteiger charge is -2.11. The van der Waals surface area contributed by atoms with E-state index in [-0.39, 0.29) is 5.60 Å². The first-order valence-electron chi connectivity index (χ1n) is 9.28. The molecular formula is C21H17Cl2N5O. The molecule has 4 aromatic rings. The Morgan fingerprint density at radius 1 is 1.10 bits per heavy atom. The molecule has 6 nitrogen and oxygen atoms in total. The first-order valence-corrected chi connectivity index (χ1v) is 10.0. The quantitative estimate of drug-likeness (QED) is 0.440. The Hall–Kier alpha value is -2.70. The van der Waals surface area contributed by atoms with Crippen molar-refractivity contribution in [2.75, 3.05) is 0 Å². The Kier molecular flexibility index (Phi) is 4.41. The Morgan fingerprint density at radius 2 is 1.93 bits per heavy atom. The Bertz CT molecular complexity index is 1220. The highest BCUT2D eigenvalue weighted by Crippen LogP contribution is 2.41. The van der Waals surface area contributed by atoms with E-state index >= 15 is 0 Å². The van der Waals surface area contributed by atoms with Gasteiger partial charge >= 0.3 is 0 Å². The molecule has 29 heavy (non-hydrogen) atoms. The van der Waals surface area contributed by atoms with Crippen molar-refractivity contribution in [1.82, 2.24) is 24.5 Å². The third-order valence-electron chi connectivity index (χ3n) is 5.01. The second kappa shape index (κ2) is 6.97. The predicted molar refractivity (Wildman–Crippen MR) is 112 cm³/mol. The molecule has 0 bridgehead atoms. The van der Waals surface area contributed by atoms with Gasteiger partial charge in [-0.2, -0.15) is 4.98 Å². The van der Waals surface area contributed by atoms with E-state index in [2.05, 4.69) is 21.9 Å². The SMILES string of the molecule is CC1(Oc2ncnc3c2nc(-c2ccccc2Cl)n3Cc2cc(Cl)ccn2)CC1. The van der Waals surface area contributed by atoms with E-state index in [0.717, 1.165) is 24.1 Å². The number of hydrogen-bond donors (Lipinski definition) is 0. The molecule has 3 aromatic heterocycles. The summed E-state index contributed by atoms with van der Waals surface area (Å²) in [5, 5.41) is 1.23. The zero-order valence-corrected chi connectivity index (χ0v) is 17.2. The molecule has 1 aromatic carbocycles. The third kappa shape index (κ3) is 3.54. The summed E-state index contributed by atoms with van der Waals surface area (Å²) in [4.78, 5) is 18.1. The Morgan fingerprint density at radius 3 is 2.69 bits per heavy atom. The molecule has 1 saturated carbocycles. The van der Waals surface area contributed by atoms with E-state index in [1.165, 1.54) is 6.33 Å². The zero-order chi connectivity index (χ0) is 20.0. The van der Waals surface area contributed by atoms with Gasteiger partial charge in [0.15, 0.2) is 11.2 Å². The molecule has 146 valence electrons. The maximum atomic E-state index is 6.49. The average Bonchev–Trinajstić information content (AvgIpc) is 3.31. The number of nitrogens with zero attached hydrogens (tertiary/aromatic N) is 5. The molecule has 8 heteroatoms. The molecule has 0 aliphatic heterocycles. The lowest BCUT2D eigenvalue weighted by atomic mass is 10.2. The maximum Gasteiger partial charge on any atom is 0.245 e. The first kappa shape index (κ1) is 18.3. The van der Waals surface area contributed by atoms with E-state index in [1.807, 2.05) is 34.9 Å². The number of aromatic nitrogens is 5. The van der Waals surface area contributed by atoms with E-state index in [9.17, 15) is 0 Å². The van der Waals surface area contributed by atoms with Crippen LogP contribution in [-0.4, -0.2) is 30.1 Å². The van der Waals surface area contributed by atoms with Crippen molar-refractivity contribution in [3.63, 3.8) is 0 Å². The lowest BCUT2D eigenvalue weighted by molar-refractivity contribution is 0.194. The minimum absolute atomic E-state index is 0.176. The van der Waals surface area contributed by atoms with Gasteiger partial charge in [0.2, 0.25) is 5.88 Å². The number of imidazole rings is 1. The first-order chi connectivity index (χ1) is 14.0. The molecule has 0 spiro atoms. The summed E-state index contributed by atoms with van der Waals surface area (Å²) < 4.78 is 8.10. The third-order valence-corrected chi connectivity index (χ3v) is 5.57. The van der Waals surface area contributed by atoms with Crippen LogP contribution in [0.5, 0.6) is 5.88 Å². The molecule has 1 aliphatic rings. The van der Waals surface area contributed by atoms with Gasteiger partial charge in [-0.25, -0.2) is 9.97 Å². The van der Waals surface area contributed by atoms with Crippen LogP contribution in [0.4, 0.5) is 0 Å². The van der Waals surface area contributed by atoms with Crippen molar-refractivity contribution in [2.24, 2.45) is 0 Å². The topological polar surface area (TPSA) is 65.7 Å². The van der Waals surface area contributed by atoms with Gasteiger partial charge in [0.05, 0.1) is 17.3 Å². The predicted octanol–water partition coefficient (Wildman–Crippen LogP) is 5.17. The van der Waals surface area contributed by atoms with Crippen LogP contribution in [-0.2, 0) is 6.54 Å². The number of fused-ring (bicyclic) bond motifs is 1. The molecule has 0 amide bonds. The highest BCUT2D eigenvalue weighted by molar-refractivity contribution is 6.33. The van der Waals surface area contributed by atoms with Gasteiger partial charge in [-0.3, -0.25) is 4.98 Å². The number of hydrogen-bond acceptors (Lipinski definition) is 5. The zero-order valence-electron chi connectivity index (χ0n) is 15.6. The van der Waals surface area contributed by atoms with E-state index in [1.54, 1.807) is 12.3 Å². The number of rotatable bonds is 5. The van der Waals surface area contributed by atoms with Crippen LogP contribution in [0.3, 0.4) is 0 Å². The molecule has 5 rings (SSSR count). The minimum atomic E-state index is -0.176. The van der Waals surface area contributed by atoms with Crippen molar-refractivity contribution in [1.29, 1.82) is 0 Å². The van der Waals surface area contributed by atoms with Crippen LogP contribution in [0.1, 0.15) is 25.5 Å². The normalized spacial score (nSPS) is 14.9. The van der Waals surface area contributed by atoms with Gasteiger partial charge in [-0.1, -0.05) is 35.3 Å². The highest BCUT2D eigenvalue weighted by Gasteiger charge is 2.41. The van der Waals surface area contributed by atoms with Crippen molar-refractivity contribution < 1.29 is 4.74 Å². The van der Waals surface area contributed by atoms with Crippen molar-refractivity contribution in [3.8, 4) is 17.3 Å². The summed E-state index contributed by atoms with van der Waals surface area (Å²) >= 11 is 12.6. The van der Waals surface area contributed by atoms with Gasteiger partial charge < -0.3 is 9.30 Å². The van der Waals surface area contributed by atoms with Gasteiger partial charge in [-0.05, 0) is 44.0 Å². The summed E-state index contributed by atoms with van der Waals surface area (Å²) in [6.07, 6.45) is 5.19. The molecule has 0 saturated heterocycles. The minimum Gasteiger partial charge on any atom is -0.470 e.